The van der Waals surface area contributed by atoms with E-state index >= 15 is 0 Å². The van der Waals surface area contributed by atoms with Crippen LogP contribution in [0.2, 0.25) is 0 Å². The van der Waals surface area contributed by atoms with E-state index in [9.17, 15) is 14.9 Å². The number of rotatable bonds is 15. The maximum absolute atomic E-state index is 10.8. The molecule has 26 heavy (non-hydrogen) atoms. The Labute approximate surface area is 158 Å². The highest BCUT2D eigenvalue weighted by molar-refractivity contribution is 5.67. The molecular formula is C22H33NO3. The predicted octanol–water partition coefficient (Wildman–Crippen LogP) is 6.49. The summed E-state index contributed by atoms with van der Waals surface area (Å²) in [5, 5.41) is 10.1. The fraction of sp³-hybridized carbons (Fsp3) is 0.500. The van der Waals surface area contributed by atoms with E-state index in [0.717, 1.165) is 25.7 Å². The number of allylic oxidation sites excluding steroid dienone is 10. The van der Waals surface area contributed by atoms with Crippen molar-refractivity contribution < 1.29 is 9.72 Å². The zero-order valence-electron chi connectivity index (χ0n) is 16.0. The summed E-state index contributed by atoms with van der Waals surface area (Å²) >= 11 is 0. The van der Waals surface area contributed by atoms with Gasteiger partial charge in [-0.15, -0.1) is 0 Å². The topological polar surface area (TPSA) is 60.2 Å². The van der Waals surface area contributed by atoms with E-state index in [0.29, 0.717) is 6.42 Å². The maximum atomic E-state index is 10.8. The van der Waals surface area contributed by atoms with Gasteiger partial charge in [-0.1, -0.05) is 80.5 Å². The van der Waals surface area contributed by atoms with Crippen molar-refractivity contribution >= 4 is 5.91 Å². The zero-order valence-corrected chi connectivity index (χ0v) is 16.0. The fourth-order valence-electron chi connectivity index (χ4n) is 2.13. The minimum absolute atomic E-state index is 0.0296. The Kier molecular flexibility index (Phi) is 17.5. The lowest BCUT2D eigenvalue weighted by atomic mass is 10.2. The van der Waals surface area contributed by atoms with E-state index in [1.807, 2.05) is 12.2 Å². The van der Waals surface area contributed by atoms with Gasteiger partial charge in [0.05, 0.1) is 6.42 Å². The van der Waals surface area contributed by atoms with Crippen LogP contribution in [-0.4, -0.2) is 10.8 Å². The van der Waals surface area contributed by atoms with Crippen molar-refractivity contribution in [2.75, 3.05) is 0 Å². The van der Waals surface area contributed by atoms with Gasteiger partial charge in [0.25, 0.3) is 0 Å². The lowest BCUT2D eigenvalue weighted by Gasteiger charge is -1.90. The number of nitro groups is 1. The molecule has 0 aliphatic carbocycles. The molecule has 4 heteroatoms. The molecule has 0 aliphatic rings. The molecule has 0 rings (SSSR count). The molecule has 0 aromatic carbocycles. The summed E-state index contributed by atoms with van der Waals surface area (Å²) in [5.74, 6) is -0.924. The lowest BCUT2D eigenvalue weighted by molar-refractivity contribution is -0.402. The second kappa shape index (κ2) is 19.1. The molecule has 0 radical (unpaired) electrons. The molecule has 0 heterocycles. The molecule has 0 saturated heterocycles. The van der Waals surface area contributed by atoms with Crippen LogP contribution < -0.4 is 0 Å². The predicted molar refractivity (Wildman–Crippen MR) is 110 cm³/mol. The summed E-state index contributed by atoms with van der Waals surface area (Å²) in [6.45, 7) is 2.22. The minimum atomic E-state index is -0.924. The normalized spacial score (nSPS) is 12.5. The first-order chi connectivity index (χ1) is 12.7. The van der Waals surface area contributed by atoms with Crippen LogP contribution in [0.15, 0.2) is 60.8 Å². The van der Waals surface area contributed by atoms with Gasteiger partial charge in [-0.2, -0.15) is 0 Å². The molecule has 0 bridgehead atoms. The molecule has 144 valence electrons. The molecular weight excluding hydrogens is 326 g/mol. The molecule has 0 atom stereocenters. The minimum Gasteiger partial charge on any atom is -0.256 e. The number of amides is 1. The fourth-order valence-corrected chi connectivity index (χ4v) is 2.13. The summed E-state index contributed by atoms with van der Waals surface area (Å²) in [6, 6.07) is 0. The average Bonchev–Trinajstić information content (AvgIpc) is 2.63. The van der Waals surface area contributed by atoms with E-state index in [1.54, 1.807) is 0 Å². The Morgan fingerprint density at radius 1 is 0.731 bits per heavy atom. The smallest absolute Gasteiger partial charge is 0.256 e. The third kappa shape index (κ3) is 18.1. The van der Waals surface area contributed by atoms with Crippen LogP contribution in [0, 0.1) is 10.1 Å². The van der Waals surface area contributed by atoms with Gasteiger partial charge in [-0.25, -0.2) is 4.79 Å². The van der Waals surface area contributed by atoms with Gasteiger partial charge < -0.3 is 0 Å². The van der Waals surface area contributed by atoms with Crippen molar-refractivity contribution in [3.05, 3.63) is 70.9 Å². The van der Waals surface area contributed by atoms with Crippen molar-refractivity contribution in [3.8, 4) is 0 Å². The lowest BCUT2D eigenvalue weighted by Crippen LogP contribution is -2.09. The van der Waals surface area contributed by atoms with E-state index in [2.05, 4.69) is 55.5 Å². The highest BCUT2D eigenvalue weighted by atomic mass is 16.6. The molecule has 0 unspecified atom stereocenters. The summed E-state index contributed by atoms with van der Waals surface area (Å²) in [7, 11) is 0. The molecule has 0 aromatic rings. The van der Waals surface area contributed by atoms with Gasteiger partial charge in [0.15, 0.2) is 0 Å². The number of carbonyl (C=O) groups is 1. The molecule has 0 spiro atoms. The Balaban J connectivity index is 3.54. The first-order valence-corrected chi connectivity index (χ1v) is 9.60. The second-order valence-corrected chi connectivity index (χ2v) is 5.99. The molecule has 0 N–H and O–H groups in total. The Morgan fingerprint density at radius 3 is 1.58 bits per heavy atom. The summed E-state index contributed by atoms with van der Waals surface area (Å²) in [5.41, 5.74) is 0. The standard InChI is InChI=1S/C22H33NO3/c1-2-3-4-5-6-7-8-9-10-11-12-13-14-15-16-17-18-19-20-21-22(24)23(25)26/h6-7,9-10,12-13,15-16,18-19H,2-5,8,11,14,17,20-21H2,1H3/b7-6+,10-9+,13-12+,16-15+,19-18+. The van der Waals surface area contributed by atoms with Gasteiger partial charge in [0, 0.05) is 0 Å². The third-order valence-electron chi connectivity index (χ3n) is 3.62. The molecule has 1 amide bonds. The van der Waals surface area contributed by atoms with Crippen molar-refractivity contribution in [2.24, 2.45) is 0 Å². The van der Waals surface area contributed by atoms with Crippen LogP contribution in [0.4, 0.5) is 0 Å². The number of nitrogens with zero attached hydrogens (tertiary/aromatic N) is 1. The highest BCUT2D eigenvalue weighted by Crippen LogP contribution is 2.01. The molecule has 0 fully saturated rings. The average molecular weight is 360 g/mol. The number of carbonyl (C=O) groups excluding carboxylic acids is 1. The van der Waals surface area contributed by atoms with Gasteiger partial charge in [-0.3, -0.25) is 10.1 Å². The van der Waals surface area contributed by atoms with Crippen LogP contribution in [0.25, 0.3) is 0 Å². The first kappa shape index (κ1) is 23.8. The number of unbranched alkanes of at least 4 members (excludes halogenated alkanes) is 3. The largest absolute Gasteiger partial charge is 0.444 e. The van der Waals surface area contributed by atoms with Crippen molar-refractivity contribution in [3.63, 3.8) is 0 Å². The molecule has 0 aliphatic heterocycles. The Morgan fingerprint density at radius 2 is 1.15 bits per heavy atom. The molecule has 0 aromatic heterocycles. The second-order valence-electron chi connectivity index (χ2n) is 5.99. The summed E-state index contributed by atoms with van der Waals surface area (Å²) in [4.78, 5) is 20.0. The highest BCUT2D eigenvalue weighted by Gasteiger charge is 2.11. The van der Waals surface area contributed by atoms with Crippen LogP contribution in [0.3, 0.4) is 0 Å². The number of hydrogen-bond acceptors (Lipinski definition) is 3. The van der Waals surface area contributed by atoms with Crippen LogP contribution >= 0.6 is 0 Å². The monoisotopic (exact) mass is 359 g/mol. The van der Waals surface area contributed by atoms with Crippen LogP contribution in [0.5, 0.6) is 0 Å². The summed E-state index contributed by atoms with van der Waals surface area (Å²) in [6.07, 6.45) is 30.2. The first-order valence-electron chi connectivity index (χ1n) is 9.60. The Bertz CT molecular complexity index is 513. The molecule has 4 nitrogen and oxygen atoms in total. The van der Waals surface area contributed by atoms with Crippen molar-refractivity contribution in [1.29, 1.82) is 0 Å². The van der Waals surface area contributed by atoms with Crippen molar-refractivity contribution in [2.45, 2.75) is 71.1 Å². The Hall–Kier alpha value is -2.23. The molecule has 0 saturated carbocycles. The number of hydrogen-bond donors (Lipinski definition) is 0. The van der Waals surface area contributed by atoms with Crippen molar-refractivity contribution in [1.82, 2.24) is 0 Å². The zero-order chi connectivity index (χ0) is 19.3. The van der Waals surface area contributed by atoms with Gasteiger partial charge in [-0.05, 0) is 44.9 Å². The quantitative estimate of drug-likeness (QED) is 0.145. The van der Waals surface area contributed by atoms with Crippen LogP contribution in [0.1, 0.15) is 71.1 Å². The SMILES string of the molecule is CCCCC/C=C/C/C=C/C/C=C/C/C=C/C/C=C/CCC(=O)[N+](=O)[O-]. The third-order valence-corrected chi connectivity index (χ3v) is 3.62. The maximum Gasteiger partial charge on any atom is 0.444 e. The van der Waals surface area contributed by atoms with Crippen LogP contribution in [-0.2, 0) is 4.79 Å². The van der Waals surface area contributed by atoms with Gasteiger partial charge in [0.1, 0.15) is 4.92 Å². The van der Waals surface area contributed by atoms with E-state index in [-0.39, 0.29) is 6.42 Å². The van der Waals surface area contributed by atoms with Gasteiger partial charge in [0.2, 0.25) is 0 Å². The van der Waals surface area contributed by atoms with E-state index in [4.69, 9.17) is 0 Å². The van der Waals surface area contributed by atoms with E-state index < -0.39 is 10.8 Å². The summed E-state index contributed by atoms with van der Waals surface area (Å²) < 4.78 is 0. The van der Waals surface area contributed by atoms with E-state index in [1.165, 1.54) is 25.7 Å². The van der Waals surface area contributed by atoms with Gasteiger partial charge >= 0.3 is 5.91 Å².